The third-order valence-corrected chi connectivity index (χ3v) is 7.69. The molecule has 0 atom stereocenters. The quantitative estimate of drug-likeness (QED) is 0.124. The van der Waals surface area contributed by atoms with Gasteiger partial charge in [-0.25, -0.2) is 0 Å². The van der Waals surface area contributed by atoms with Crippen LogP contribution < -0.4 is 20.1 Å². The predicted molar refractivity (Wildman–Crippen MR) is 168 cm³/mol. The van der Waals surface area contributed by atoms with Crippen molar-refractivity contribution in [2.24, 2.45) is 0 Å². The van der Waals surface area contributed by atoms with E-state index >= 15 is 0 Å². The van der Waals surface area contributed by atoms with Crippen molar-refractivity contribution >= 4 is 69.6 Å². The number of anilines is 2. The van der Waals surface area contributed by atoms with Crippen molar-refractivity contribution in [3.8, 4) is 23.0 Å². The zero-order valence-corrected chi connectivity index (χ0v) is 25.8. The minimum absolute atomic E-state index is 0.123. The Kier molecular flexibility index (Phi) is 9.93. The molecule has 2 N–H and O–H groups in total. The molecule has 0 saturated heterocycles. The van der Waals surface area contributed by atoms with E-state index in [0.717, 1.165) is 0 Å². The van der Waals surface area contributed by atoms with Crippen LogP contribution in [0.4, 0.5) is 28.9 Å². The molecule has 0 radical (unpaired) electrons. The van der Waals surface area contributed by atoms with Crippen LogP contribution in [0.1, 0.15) is 20.7 Å². The standard InChI is InChI=1S/C32H16Cl4F4N2O4/c33-21-11-5-17(13-23(21)35)41-31(43)15-1-7-19(8-2-15)45-29-25(37)27(39)30(28(40)26(29)38)46-20-9-3-16(4-10-20)32(44)42-18-6-12-22(34)24(36)14-18/h1-14H,(H,41,43)(H,42,44). The molecule has 234 valence electrons. The second-order valence-electron chi connectivity index (χ2n) is 9.33. The summed E-state index contributed by atoms with van der Waals surface area (Å²) in [5, 5.41) is 6.23. The van der Waals surface area contributed by atoms with Crippen LogP contribution in [-0.4, -0.2) is 11.8 Å². The molecule has 0 heterocycles. The zero-order chi connectivity index (χ0) is 33.1. The monoisotopic (exact) mass is 708 g/mol. The first-order valence-electron chi connectivity index (χ1n) is 12.9. The summed E-state index contributed by atoms with van der Waals surface area (Å²) in [4.78, 5) is 25.0. The molecule has 0 spiro atoms. The highest BCUT2D eigenvalue weighted by molar-refractivity contribution is 6.42. The highest BCUT2D eigenvalue weighted by Gasteiger charge is 2.29. The zero-order valence-electron chi connectivity index (χ0n) is 22.7. The highest BCUT2D eigenvalue weighted by Crippen LogP contribution is 2.39. The fourth-order valence-electron chi connectivity index (χ4n) is 3.91. The molecule has 14 heteroatoms. The van der Waals surface area contributed by atoms with Crippen LogP contribution in [0.25, 0.3) is 0 Å². The predicted octanol–water partition coefficient (Wildman–Crippen LogP) is 10.9. The Morgan fingerprint density at radius 1 is 0.478 bits per heavy atom. The number of ether oxygens (including phenoxy) is 2. The van der Waals surface area contributed by atoms with E-state index in [0.29, 0.717) is 21.4 Å². The first kappa shape index (κ1) is 32.9. The lowest BCUT2D eigenvalue weighted by molar-refractivity contribution is 0.101. The summed E-state index contributed by atoms with van der Waals surface area (Å²) in [6, 6.07) is 18.6. The molecule has 0 saturated carbocycles. The summed E-state index contributed by atoms with van der Waals surface area (Å²) in [5.41, 5.74) is 0.966. The van der Waals surface area contributed by atoms with Gasteiger partial charge in [-0.2, -0.15) is 17.6 Å². The van der Waals surface area contributed by atoms with E-state index in [-0.39, 0.29) is 32.7 Å². The van der Waals surface area contributed by atoms with Crippen LogP contribution in [0.3, 0.4) is 0 Å². The van der Waals surface area contributed by atoms with Crippen LogP contribution in [0.15, 0.2) is 84.9 Å². The number of hydrogen-bond donors (Lipinski definition) is 2. The van der Waals surface area contributed by atoms with Gasteiger partial charge in [-0.15, -0.1) is 0 Å². The maximum absolute atomic E-state index is 14.9. The fourth-order valence-corrected chi connectivity index (χ4v) is 4.51. The van der Waals surface area contributed by atoms with Gasteiger partial charge in [0.25, 0.3) is 11.8 Å². The molecule has 0 aliphatic rings. The number of nitrogens with one attached hydrogen (secondary N) is 2. The van der Waals surface area contributed by atoms with Crippen molar-refractivity contribution in [1.29, 1.82) is 0 Å². The van der Waals surface area contributed by atoms with Gasteiger partial charge in [0.2, 0.25) is 34.8 Å². The lowest BCUT2D eigenvalue weighted by atomic mass is 10.2. The Morgan fingerprint density at radius 3 is 1.11 bits per heavy atom. The molecule has 2 amide bonds. The number of halogens is 8. The first-order valence-corrected chi connectivity index (χ1v) is 14.4. The van der Waals surface area contributed by atoms with Gasteiger partial charge in [-0.05, 0) is 84.9 Å². The van der Waals surface area contributed by atoms with E-state index in [1.807, 2.05) is 0 Å². The van der Waals surface area contributed by atoms with Crippen LogP contribution >= 0.6 is 46.4 Å². The molecule has 5 rings (SSSR count). The summed E-state index contributed by atoms with van der Waals surface area (Å²) in [6.45, 7) is 0. The number of carbonyl (C=O) groups is 2. The topological polar surface area (TPSA) is 76.7 Å². The molecule has 0 unspecified atom stereocenters. The van der Waals surface area contributed by atoms with E-state index in [1.165, 1.54) is 84.9 Å². The second kappa shape index (κ2) is 13.9. The van der Waals surface area contributed by atoms with E-state index in [9.17, 15) is 27.2 Å². The van der Waals surface area contributed by atoms with Crippen molar-refractivity contribution in [3.05, 3.63) is 139 Å². The number of rotatable bonds is 8. The Morgan fingerprint density at radius 2 is 0.804 bits per heavy atom. The maximum Gasteiger partial charge on any atom is 0.255 e. The summed E-state index contributed by atoms with van der Waals surface area (Å²) in [5.74, 6) is -11.8. The lowest BCUT2D eigenvalue weighted by Crippen LogP contribution is -2.11. The van der Waals surface area contributed by atoms with E-state index in [1.54, 1.807) is 0 Å². The van der Waals surface area contributed by atoms with Gasteiger partial charge in [-0.1, -0.05) is 46.4 Å². The summed E-state index contributed by atoms with van der Waals surface area (Å²) in [6.07, 6.45) is 0. The minimum atomic E-state index is -1.87. The number of amides is 2. The molecule has 0 aliphatic heterocycles. The average molecular weight is 710 g/mol. The molecule has 46 heavy (non-hydrogen) atoms. The smallest absolute Gasteiger partial charge is 0.255 e. The molecule has 5 aromatic rings. The SMILES string of the molecule is O=C(Nc1ccc(Cl)c(Cl)c1)c1ccc(Oc2c(F)c(F)c(Oc3ccc(C(=O)Nc4ccc(Cl)c(Cl)c4)cc3)c(F)c2F)cc1. The Bertz CT molecular complexity index is 1810. The summed E-state index contributed by atoms with van der Waals surface area (Å²) in [7, 11) is 0. The van der Waals surface area contributed by atoms with Crippen LogP contribution in [0.5, 0.6) is 23.0 Å². The molecule has 0 fully saturated rings. The van der Waals surface area contributed by atoms with Crippen LogP contribution in [0, 0.1) is 23.3 Å². The maximum atomic E-state index is 14.9. The Labute approximate surface area is 278 Å². The van der Waals surface area contributed by atoms with Crippen molar-refractivity contribution in [2.75, 3.05) is 10.6 Å². The molecule has 0 aromatic heterocycles. The Balaban J connectivity index is 1.27. The summed E-state index contributed by atoms with van der Waals surface area (Å²) >= 11 is 23.6. The van der Waals surface area contributed by atoms with Gasteiger partial charge < -0.3 is 20.1 Å². The van der Waals surface area contributed by atoms with Crippen LogP contribution in [-0.2, 0) is 0 Å². The molecule has 5 aromatic carbocycles. The van der Waals surface area contributed by atoms with Crippen molar-refractivity contribution in [3.63, 3.8) is 0 Å². The van der Waals surface area contributed by atoms with Crippen molar-refractivity contribution < 1.29 is 36.6 Å². The lowest BCUT2D eigenvalue weighted by Gasteiger charge is -2.14. The largest absolute Gasteiger partial charge is 0.451 e. The molecule has 0 bridgehead atoms. The van der Waals surface area contributed by atoms with Gasteiger partial charge in [0.15, 0.2) is 0 Å². The van der Waals surface area contributed by atoms with Gasteiger partial charge in [0.1, 0.15) is 11.5 Å². The van der Waals surface area contributed by atoms with Gasteiger partial charge in [-0.3, -0.25) is 9.59 Å². The third-order valence-electron chi connectivity index (χ3n) is 6.21. The average Bonchev–Trinajstić information content (AvgIpc) is 3.04. The van der Waals surface area contributed by atoms with Gasteiger partial charge in [0.05, 0.1) is 20.1 Å². The van der Waals surface area contributed by atoms with E-state index in [2.05, 4.69) is 10.6 Å². The first-order chi connectivity index (χ1) is 21.9. The fraction of sp³-hybridized carbons (Fsp3) is 0. The molecular formula is C32H16Cl4F4N2O4. The molecular weight excluding hydrogens is 694 g/mol. The summed E-state index contributed by atoms with van der Waals surface area (Å²) < 4.78 is 69.7. The van der Waals surface area contributed by atoms with Crippen molar-refractivity contribution in [1.82, 2.24) is 0 Å². The minimum Gasteiger partial charge on any atom is -0.451 e. The van der Waals surface area contributed by atoms with E-state index in [4.69, 9.17) is 55.9 Å². The van der Waals surface area contributed by atoms with Crippen molar-refractivity contribution in [2.45, 2.75) is 0 Å². The highest BCUT2D eigenvalue weighted by atomic mass is 35.5. The van der Waals surface area contributed by atoms with E-state index < -0.39 is 46.6 Å². The van der Waals surface area contributed by atoms with Crippen LogP contribution in [0.2, 0.25) is 20.1 Å². The number of benzene rings is 5. The third kappa shape index (κ3) is 7.32. The van der Waals surface area contributed by atoms with Gasteiger partial charge >= 0.3 is 0 Å². The molecule has 6 nitrogen and oxygen atoms in total. The normalized spacial score (nSPS) is 10.8. The van der Waals surface area contributed by atoms with Gasteiger partial charge in [0, 0.05) is 22.5 Å². The number of carbonyl (C=O) groups excluding carboxylic acids is 2. The second-order valence-corrected chi connectivity index (χ2v) is 11.0. The Hall–Kier alpha value is -4.48. The molecule has 0 aliphatic carbocycles. The number of hydrogen-bond acceptors (Lipinski definition) is 4.